The van der Waals surface area contributed by atoms with Crippen molar-refractivity contribution in [1.82, 2.24) is 18.8 Å². The number of hydrogen-bond donors (Lipinski definition) is 1. The summed E-state index contributed by atoms with van der Waals surface area (Å²) in [5.74, 6) is 1.29. The Morgan fingerprint density at radius 3 is 2.69 bits per heavy atom. The van der Waals surface area contributed by atoms with Gasteiger partial charge in [-0.15, -0.1) is 0 Å². The van der Waals surface area contributed by atoms with E-state index in [1.807, 2.05) is 24.2 Å². The molecule has 1 N–H and O–H groups in total. The van der Waals surface area contributed by atoms with E-state index in [-0.39, 0.29) is 11.7 Å². The highest BCUT2D eigenvalue weighted by atomic mass is 32.2. The van der Waals surface area contributed by atoms with Crippen LogP contribution in [0.3, 0.4) is 0 Å². The van der Waals surface area contributed by atoms with Crippen molar-refractivity contribution < 1.29 is 23.2 Å². The van der Waals surface area contributed by atoms with Gasteiger partial charge in [0.2, 0.25) is 0 Å². The van der Waals surface area contributed by atoms with Crippen LogP contribution < -0.4 is 10.3 Å². The summed E-state index contributed by atoms with van der Waals surface area (Å²) in [6, 6.07) is 5.42. The van der Waals surface area contributed by atoms with Crippen LogP contribution in [0.15, 0.2) is 27.9 Å². The number of aldehydes is 1. The number of benzene rings is 1. The Bertz CT molecular complexity index is 1420. The minimum Gasteiger partial charge on any atom is -0.493 e. The minimum absolute atomic E-state index is 0.121. The Hall–Kier alpha value is -2.86. The van der Waals surface area contributed by atoms with Crippen molar-refractivity contribution in [2.45, 2.75) is 57.0 Å². The lowest BCUT2D eigenvalue weighted by Crippen LogP contribution is -2.39. The SMILES string of the molecule is CCCOc1ccc(S(=O)N2CCC(C3COCO3)CC2)cc1-c1nc2c(CCC)c(C=O)n(C)c2c(=O)[nH]1. The summed E-state index contributed by atoms with van der Waals surface area (Å²) in [5.41, 5.74) is 2.31. The van der Waals surface area contributed by atoms with Gasteiger partial charge in [0.1, 0.15) is 40.4 Å². The number of rotatable bonds is 10. The van der Waals surface area contributed by atoms with E-state index in [2.05, 4.69) is 4.98 Å². The highest BCUT2D eigenvalue weighted by molar-refractivity contribution is 7.82. The lowest BCUT2D eigenvalue weighted by molar-refractivity contribution is 0.0187. The van der Waals surface area contributed by atoms with Gasteiger partial charge in [0.25, 0.3) is 5.56 Å². The number of aryl methyl sites for hydroxylation is 2. The maximum atomic E-state index is 13.6. The average Bonchev–Trinajstić information content (AvgIpc) is 3.59. The van der Waals surface area contributed by atoms with Crippen molar-refractivity contribution in [3.8, 4) is 17.1 Å². The van der Waals surface area contributed by atoms with Crippen molar-refractivity contribution in [1.29, 1.82) is 0 Å². The lowest BCUT2D eigenvalue weighted by atomic mass is 9.93. The molecule has 3 aromatic rings. The predicted molar refractivity (Wildman–Crippen MR) is 148 cm³/mol. The third kappa shape index (κ3) is 5.45. The van der Waals surface area contributed by atoms with Crippen LogP contribution >= 0.6 is 0 Å². The van der Waals surface area contributed by atoms with Gasteiger partial charge >= 0.3 is 0 Å². The normalized spacial score (nSPS) is 19.5. The fourth-order valence-corrected chi connectivity index (χ4v) is 6.77. The molecule has 5 rings (SSSR count). The molecule has 11 heteroatoms. The van der Waals surface area contributed by atoms with Gasteiger partial charge in [0, 0.05) is 25.7 Å². The smallest absolute Gasteiger partial charge is 0.275 e. The first-order valence-electron chi connectivity index (χ1n) is 13.7. The number of ether oxygens (including phenoxy) is 3. The van der Waals surface area contributed by atoms with Crippen LogP contribution in [-0.4, -0.2) is 68.5 Å². The quantitative estimate of drug-likeness (QED) is 0.380. The first kappa shape index (κ1) is 27.7. The summed E-state index contributed by atoms with van der Waals surface area (Å²) in [6.07, 6.45) is 4.92. The monoisotopic (exact) mass is 556 g/mol. The van der Waals surface area contributed by atoms with Crippen LogP contribution in [0.5, 0.6) is 5.75 Å². The van der Waals surface area contributed by atoms with Crippen LogP contribution in [0.2, 0.25) is 0 Å². The van der Waals surface area contributed by atoms with Gasteiger partial charge in [-0.05, 0) is 49.8 Å². The Kier molecular flexibility index (Phi) is 8.61. The fraction of sp³-hybridized carbons (Fsp3) is 0.536. The highest BCUT2D eigenvalue weighted by Crippen LogP contribution is 2.33. The van der Waals surface area contributed by atoms with Crippen molar-refractivity contribution in [3.63, 3.8) is 0 Å². The molecule has 39 heavy (non-hydrogen) atoms. The third-order valence-corrected chi connectivity index (χ3v) is 9.07. The molecular weight excluding hydrogens is 520 g/mol. The molecule has 0 spiro atoms. The highest BCUT2D eigenvalue weighted by Gasteiger charge is 2.32. The molecule has 0 amide bonds. The van der Waals surface area contributed by atoms with Crippen LogP contribution in [0.4, 0.5) is 0 Å². The molecule has 0 bridgehead atoms. The molecule has 1 aromatic carbocycles. The van der Waals surface area contributed by atoms with Gasteiger partial charge in [-0.2, -0.15) is 0 Å². The second-order valence-electron chi connectivity index (χ2n) is 10.1. The Morgan fingerprint density at radius 1 is 1.23 bits per heavy atom. The number of nitrogens with one attached hydrogen (secondary N) is 1. The standard InChI is InChI=1S/C28H36N4O6S/c1-4-6-20-22(15-33)31(3)26-25(20)29-27(30-28(26)34)21-14-19(7-8-23(21)37-13-5-2)39(35)32-11-9-18(10-12-32)24-16-36-17-38-24/h7-8,14-15,18,24H,4-6,9-13,16-17H2,1-3H3,(H,29,30,34). The van der Waals surface area contributed by atoms with Crippen LogP contribution in [0, 0.1) is 5.92 Å². The molecule has 0 saturated carbocycles. The molecule has 0 radical (unpaired) electrons. The van der Waals surface area contributed by atoms with E-state index in [1.54, 1.807) is 23.7 Å². The zero-order valence-electron chi connectivity index (χ0n) is 22.7. The Balaban J connectivity index is 1.50. The van der Waals surface area contributed by atoms with Gasteiger partial charge in [-0.1, -0.05) is 20.3 Å². The molecule has 2 fully saturated rings. The Morgan fingerprint density at radius 2 is 2.03 bits per heavy atom. The first-order valence-corrected chi connectivity index (χ1v) is 14.8. The van der Waals surface area contributed by atoms with E-state index >= 15 is 0 Å². The molecular formula is C28H36N4O6S. The average molecular weight is 557 g/mol. The lowest BCUT2D eigenvalue weighted by Gasteiger charge is -2.32. The van der Waals surface area contributed by atoms with Crippen molar-refractivity contribution in [3.05, 3.63) is 39.8 Å². The summed E-state index contributed by atoms with van der Waals surface area (Å²) in [7, 11) is 0.315. The van der Waals surface area contributed by atoms with E-state index in [4.69, 9.17) is 19.2 Å². The zero-order valence-corrected chi connectivity index (χ0v) is 23.6. The second-order valence-corrected chi connectivity index (χ2v) is 11.6. The fourth-order valence-electron chi connectivity index (χ4n) is 5.53. The number of piperidine rings is 1. The maximum absolute atomic E-state index is 13.6. The van der Waals surface area contributed by atoms with E-state index in [0.29, 0.717) is 84.2 Å². The van der Waals surface area contributed by atoms with Gasteiger partial charge in [-0.25, -0.2) is 13.5 Å². The van der Waals surface area contributed by atoms with Gasteiger partial charge in [-0.3, -0.25) is 9.59 Å². The first-order chi connectivity index (χ1) is 19.0. The number of aromatic nitrogens is 3. The summed E-state index contributed by atoms with van der Waals surface area (Å²) in [6.45, 7) is 6.90. The number of carbonyl (C=O) groups excluding carboxylic acids is 1. The van der Waals surface area contributed by atoms with Gasteiger partial charge < -0.3 is 23.8 Å². The van der Waals surface area contributed by atoms with Crippen molar-refractivity contribution in [2.75, 3.05) is 33.1 Å². The summed E-state index contributed by atoms with van der Waals surface area (Å²) in [4.78, 5) is 33.5. The van der Waals surface area contributed by atoms with E-state index < -0.39 is 11.0 Å². The zero-order chi connectivity index (χ0) is 27.5. The molecule has 4 heterocycles. The molecule has 0 aliphatic carbocycles. The number of aromatic amines is 1. The Labute approximate surface area is 230 Å². The number of hydrogen-bond acceptors (Lipinski definition) is 7. The molecule has 2 aliphatic heterocycles. The van der Waals surface area contributed by atoms with Crippen LogP contribution in [0.1, 0.15) is 55.6 Å². The third-order valence-electron chi connectivity index (χ3n) is 7.57. The molecule has 2 saturated heterocycles. The van der Waals surface area contributed by atoms with E-state index in [0.717, 1.165) is 37.5 Å². The predicted octanol–water partition coefficient (Wildman–Crippen LogP) is 3.59. The summed E-state index contributed by atoms with van der Waals surface area (Å²) < 4.78 is 34.3. The summed E-state index contributed by atoms with van der Waals surface area (Å²) >= 11 is 0. The molecule has 210 valence electrons. The number of carbonyl (C=O) groups is 1. The molecule has 2 aliphatic rings. The van der Waals surface area contributed by atoms with Crippen LogP contribution in [0.25, 0.3) is 22.4 Å². The number of fused-ring (bicyclic) bond motifs is 1. The van der Waals surface area contributed by atoms with E-state index in [9.17, 15) is 13.8 Å². The van der Waals surface area contributed by atoms with Crippen molar-refractivity contribution in [2.24, 2.45) is 13.0 Å². The largest absolute Gasteiger partial charge is 0.493 e. The van der Waals surface area contributed by atoms with Gasteiger partial charge in [0.15, 0.2) is 6.29 Å². The van der Waals surface area contributed by atoms with Gasteiger partial charge in [0.05, 0.1) is 35.5 Å². The molecule has 10 nitrogen and oxygen atoms in total. The number of H-pyrrole nitrogens is 1. The van der Waals surface area contributed by atoms with E-state index in [1.165, 1.54) is 0 Å². The summed E-state index contributed by atoms with van der Waals surface area (Å²) in [5, 5.41) is 0. The second kappa shape index (κ2) is 12.1. The number of nitrogens with zero attached hydrogens (tertiary/aromatic N) is 3. The topological polar surface area (TPSA) is 116 Å². The maximum Gasteiger partial charge on any atom is 0.275 e. The molecule has 2 aromatic heterocycles. The minimum atomic E-state index is -1.39. The molecule has 2 unspecified atom stereocenters. The van der Waals surface area contributed by atoms with Crippen LogP contribution in [-0.2, 0) is 33.9 Å². The van der Waals surface area contributed by atoms with Crippen molar-refractivity contribution >= 4 is 28.3 Å². The molecule has 2 atom stereocenters.